The number of morpholine rings is 1. The maximum atomic E-state index is 11.8. The Hall–Kier alpha value is -1.68. The minimum atomic E-state index is -0.115. The predicted octanol–water partition coefficient (Wildman–Crippen LogP) is 0.728. The van der Waals surface area contributed by atoms with Crippen LogP contribution in [0.5, 0.6) is 0 Å². The lowest BCUT2D eigenvalue weighted by Gasteiger charge is -2.25. The molecule has 1 aromatic carbocycles. The van der Waals surface area contributed by atoms with Gasteiger partial charge in [0.25, 0.3) is 0 Å². The summed E-state index contributed by atoms with van der Waals surface area (Å²) < 4.78 is 5.00. The summed E-state index contributed by atoms with van der Waals surface area (Å²) in [6, 6.07) is 9.00. The Balaban J connectivity index is 1.99. The third kappa shape index (κ3) is 2.46. The number of carbonyl (C=O) groups is 2. The SMILES string of the molecule is O=C(CN1CCOCC1=O)c1ccccc1. The molecule has 0 saturated carbocycles. The zero-order chi connectivity index (χ0) is 11.4. The number of ketones is 1. The number of ether oxygens (including phenoxy) is 1. The van der Waals surface area contributed by atoms with E-state index in [-0.39, 0.29) is 24.8 Å². The molecule has 0 aromatic heterocycles. The van der Waals surface area contributed by atoms with Gasteiger partial charge in [-0.15, -0.1) is 0 Å². The van der Waals surface area contributed by atoms with Crippen molar-refractivity contribution in [1.82, 2.24) is 4.90 Å². The lowest BCUT2D eigenvalue weighted by molar-refractivity contribution is -0.141. The highest BCUT2D eigenvalue weighted by Gasteiger charge is 2.21. The van der Waals surface area contributed by atoms with Gasteiger partial charge in [0.2, 0.25) is 5.91 Å². The maximum Gasteiger partial charge on any atom is 0.249 e. The second-order valence-corrected chi connectivity index (χ2v) is 3.66. The fourth-order valence-electron chi connectivity index (χ4n) is 1.61. The van der Waals surface area contributed by atoms with Gasteiger partial charge in [0, 0.05) is 12.1 Å². The van der Waals surface area contributed by atoms with Crippen molar-refractivity contribution in [1.29, 1.82) is 0 Å². The van der Waals surface area contributed by atoms with Crippen LogP contribution in [0.25, 0.3) is 0 Å². The smallest absolute Gasteiger partial charge is 0.249 e. The molecule has 0 N–H and O–H groups in total. The molecule has 4 nitrogen and oxygen atoms in total. The monoisotopic (exact) mass is 219 g/mol. The van der Waals surface area contributed by atoms with Gasteiger partial charge >= 0.3 is 0 Å². The van der Waals surface area contributed by atoms with Crippen molar-refractivity contribution in [3.05, 3.63) is 35.9 Å². The van der Waals surface area contributed by atoms with Crippen LogP contribution in [0.15, 0.2) is 30.3 Å². The molecule has 2 rings (SSSR count). The highest BCUT2D eigenvalue weighted by molar-refractivity contribution is 5.99. The van der Waals surface area contributed by atoms with E-state index in [9.17, 15) is 9.59 Å². The number of hydrogen-bond donors (Lipinski definition) is 0. The van der Waals surface area contributed by atoms with Crippen molar-refractivity contribution < 1.29 is 14.3 Å². The van der Waals surface area contributed by atoms with E-state index in [1.807, 2.05) is 18.2 Å². The molecule has 1 amide bonds. The van der Waals surface area contributed by atoms with Crippen molar-refractivity contribution in [3.63, 3.8) is 0 Å². The van der Waals surface area contributed by atoms with Gasteiger partial charge in [0.15, 0.2) is 5.78 Å². The molecule has 0 radical (unpaired) electrons. The first-order chi connectivity index (χ1) is 7.77. The molecular weight excluding hydrogens is 206 g/mol. The minimum Gasteiger partial charge on any atom is -0.370 e. The summed E-state index contributed by atoms with van der Waals surface area (Å²) in [7, 11) is 0. The topological polar surface area (TPSA) is 46.6 Å². The molecule has 1 aromatic rings. The molecule has 1 heterocycles. The Morgan fingerprint density at radius 3 is 2.75 bits per heavy atom. The third-order valence-electron chi connectivity index (χ3n) is 2.51. The van der Waals surface area contributed by atoms with Crippen LogP contribution in [0.2, 0.25) is 0 Å². The van der Waals surface area contributed by atoms with Crippen LogP contribution in [0.3, 0.4) is 0 Å². The van der Waals surface area contributed by atoms with Crippen LogP contribution < -0.4 is 0 Å². The summed E-state index contributed by atoms with van der Waals surface area (Å²) in [6.45, 7) is 1.24. The van der Waals surface area contributed by atoms with E-state index < -0.39 is 0 Å². The van der Waals surface area contributed by atoms with E-state index in [0.29, 0.717) is 18.7 Å². The normalized spacial score (nSPS) is 16.2. The average Bonchev–Trinajstić information content (AvgIpc) is 2.33. The number of hydrogen-bond acceptors (Lipinski definition) is 3. The van der Waals surface area contributed by atoms with E-state index in [4.69, 9.17) is 4.74 Å². The van der Waals surface area contributed by atoms with Gasteiger partial charge in [-0.3, -0.25) is 9.59 Å². The molecule has 4 heteroatoms. The zero-order valence-corrected chi connectivity index (χ0v) is 8.89. The number of amides is 1. The molecule has 0 aliphatic carbocycles. The highest BCUT2D eigenvalue weighted by atomic mass is 16.5. The van der Waals surface area contributed by atoms with Crippen molar-refractivity contribution >= 4 is 11.7 Å². The first kappa shape index (κ1) is 10.8. The Kier molecular flexibility index (Phi) is 3.31. The number of nitrogens with zero attached hydrogens (tertiary/aromatic N) is 1. The van der Waals surface area contributed by atoms with Crippen LogP contribution >= 0.6 is 0 Å². The maximum absolute atomic E-state index is 11.8. The van der Waals surface area contributed by atoms with Crippen molar-refractivity contribution in [2.75, 3.05) is 26.3 Å². The number of benzene rings is 1. The van der Waals surface area contributed by atoms with Gasteiger partial charge in [0.1, 0.15) is 6.61 Å². The first-order valence-electron chi connectivity index (χ1n) is 5.21. The Morgan fingerprint density at radius 2 is 2.06 bits per heavy atom. The average molecular weight is 219 g/mol. The molecule has 84 valence electrons. The standard InChI is InChI=1S/C12H13NO3/c14-11(10-4-2-1-3-5-10)8-13-6-7-16-9-12(13)15/h1-5H,6-9H2. The van der Waals surface area contributed by atoms with Gasteiger partial charge in [-0.05, 0) is 0 Å². The van der Waals surface area contributed by atoms with Gasteiger partial charge in [-0.25, -0.2) is 0 Å². The van der Waals surface area contributed by atoms with Crippen LogP contribution in [-0.4, -0.2) is 42.9 Å². The fraction of sp³-hybridized carbons (Fsp3) is 0.333. The summed E-state index contributed by atoms with van der Waals surface area (Å²) >= 11 is 0. The largest absolute Gasteiger partial charge is 0.370 e. The molecule has 1 aliphatic heterocycles. The lowest BCUT2D eigenvalue weighted by atomic mass is 10.1. The number of rotatable bonds is 3. The lowest BCUT2D eigenvalue weighted by Crippen LogP contribution is -2.44. The molecule has 0 atom stereocenters. The van der Waals surface area contributed by atoms with Gasteiger partial charge in [0.05, 0.1) is 13.2 Å². The molecular formula is C12H13NO3. The second kappa shape index (κ2) is 4.90. The molecule has 0 unspecified atom stereocenters. The number of carbonyl (C=O) groups excluding carboxylic acids is 2. The van der Waals surface area contributed by atoms with Gasteiger partial charge in [-0.2, -0.15) is 0 Å². The number of Topliss-reactive ketones (excluding diaryl/α,β-unsaturated/α-hetero) is 1. The zero-order valence-electron chi connectivity index (χ0n) is 8.89. The molecule has 16 heavy (non-hydrogen) atoms. The Bertz CT molecular complexity index is 389. The third-order valence-corrected chi connectivity index (χ3v) is 2.51. The first-order valence-corrected chi connectivity index (χ1v) is 5.21. The van der Waals surface area contributed by atoms with Gasteiger partial charge in [-0.1, -0.05) is 30.3 Å². The molecule has 1 saturated heterocycles. The van der Waals surface area contributed by atoms with Gasteiger partial charge < -0.3 is 9.64 Å². The molecule has 1 aliphatic rings. The Morgan fingerprint density at radius 1 is 1.31 bits per heavy atom. The summed E-state index contributed by atoms with van der Waals surface area (Å²) in [6.07, 6.45) is 0. The fourth-order valence-corrected chi connectivity index (χ4v) is 1.61. The molecule has 0 spiro atoms. The van der Waals surface area contributed by atoms with E-state index >= 15 is 0 Å². The van der Waals surface area contributed by atoms with Crippen LogP contribution in [-0.2, 0) is 9.53 Å². The van der Waals surface area contributed by atoms with Crippen LogP contribution in [0.4, 0.5) is 0 Å². The summed E-state index contributed by atoms with van der Waals surface area (Å²) in [4.78, 5) is 24.8. The summed E-state index contributed by atoms with van der Waals surface area (Å²) in [5, 5.41) is 0. The quantitative estimate of drug-likeness (QED) is 0.704. The minimum absolute atomic E-state index is 0.0316. The van der Waals surface area contributed by atoms with Crippen molar-refractivity contribution in [2.24, 2.45) is 0 Å². The van der Waals surface area contributed by atoms with E-state index in [2.05, 4.69) is 0 Å². The van der Waals surface area contributed by atoms with Crippen LogP contribution in [0.1, 0.15) is 10.4 Å². The highest BCUT2D eigenvalue weighted by Crippen LogP contribution is 2.04. The van der Waals surface area contributed by atoms with Crippen molar-refractivity contribution in [3.8, 4) is 0 Å². The van der Waals surface area contributed by atoms with E-state index in [0.717, 1.165) is 0 Å². The second-order valence-electron chi connectivity index (χ2n) is 3.66. The van der Waals surface area contributed by atoms with Crippen LogP contribution in [0, 0.1) is 0 Å². The summed E-state index contributed by atoms with van der Waals surface area (Å²) in [5.74, 6) is -0.147. The predicted molar refractivity (Wildman–Crippen MR) is 58.2 cm³/mol. The summed E-state index contributed by atoms with van der Waals surface area (Å²) in [5.41, 5.74) is 0.641. The van der Waals surface area contributed by atoms with E-state index in [1.165, 1.54) is 0 Å². The van der Waals surface area contributed by atoms with Crippen molar-refractivity contribution in [2.45, 2.75) is 0 Å². The molecule has 1 fully saturated rings. The van der Waals surface area contributed by atoms with E-state index in [1.54, 1.807) is 17.0 Å². The Labute approximate surface area is 93.8 Å². The molecule has 0 bridgehead atoms.